The van der Waals surface area contributed by atoms with Gasteiger partial charge in [-0.15, -0.1) is 0 Å². The zero-order valence-electron chi connectivity index (χ0n) is 34.3. The molecule has 8 rings (SSSR count). The van der Waals surface area contributed by atoms with Crippen LogP contribution in [0.15, 0.2) is 70.0 Å². The van der Waals surface area contributed by atoms with Gasteiger partial charge < -0.3 is 28.7 Å². The molecule has 2 aromatic carbocycles. The molecule has 58 heavy (non-hydrogen) atoms. The third-order valence-electron chi connectivity index (χ3n) is 11.5. The van der Waals surface area contributed by atoms with Crippen LogP contribution in [-0.4, -0.2) is 82.5 Å². The monoisotopic (exact) mass is 916 g/mol. The number of aromatic nitrogens is 2. The number of rotatable bonds is 6. The zero-order chi connectivity index (χ0) is 41.1. The van der Waals surface area contributed by atoms with Gasteiger partial charge in [-0.1, -0.05) is 6.07 Å². The van der Waals surface area contributed by atoms with Crippen LogP contribution in [0.1, 0.15) is 75.6 Å². The summed E-state index contributed by atoms with van der Waals surface area (Å²) in [6.07, 6.45) is 9.21. The summed E-state index contributed by atoms with van der Waals surface area (Å²) in [6, 6.07) is 17.0. The van der Waals surface area contributed by atoms with E-state index in [0.29, 0.717) is 11.8 Å². The Morgan fingerprint density at radius 3 is 1.64 bits per heavy atom. The number of carbonyl (C=O) groups is 2. The van der Waals surface area contributed by atoms with Crippen molar-refractivity contribution >= 4 is 44.0 Å². The number of fused-ring (bicyclic) bond motifs is 2. The predicted molar refractivity (Wildman–Crippen MR) is 232 cm³/mol. The number of hydrogen-bond donors (Lipinski definition) is 0. The number of benzene rings is 2. The predicted octanol–water partition coefficient (Wildman–Crippen LogP) is 10.8. The molecular weight excluding hydrogens is 864 g/mol. The van der Waals surface area contributed by atoms with E-state index < -0.39 is 0 Å². The lowest BCUT2D eigenvalue weighted by Gasteiger charge is -2.34. The van der Waals surface area contributed by atoms with Crippen LogP contribution >= 0.6 is 31.9 Å². The summed E-state index contributed by atoms with van der Waals surface area (Å²) in [4.78, 5) is 36.8. The van der Waals surface area contributed by atoms with Crippen molar-refractivity contribution in [3.63, 3.8) is 0 Å². The Morgan fingerprint density at radius 1 is 0.655 bits per heavy atom. The average molecular weight is 919 g/mol. The molecule has 0 saturated carbocycles. The van der Waals surface area contributed by atoms with E-state index in [-0.39, 0.29) is 36.6 Å². The van der Waals surface area contributed by atoms with E-state index in [1.807, 2.05) is 49.9 Å². The summed E-state index contributed by atoms with van der Waals surface area (Å²) in [6.45, 7) is 14.6. The van der Waals surface area contributed by atoms with Crippen molar-refractivity contribution in [2.45, 2.75) is 104 Å². The summed E-state index contributed by atoms with van der Waals surface area (Å²) in [5.41, 5.74) is 9.21. The normalized spacial score (nSPS) is 19.2. The maximum absolute atomic E-state index is 12.1. The molecule has 2 atom stereocenters. The molecule has 0 aliphatic carbocycles. The SMILES string of the molecule is Cc1cc(-c2ccc3c(c2)CC(C2CCN(C(=O)OC(C)C)CC2)O3)cnc1Br.Cc1cc(Br)cnc1-c1ccc2c(c1)CC(C1CCN(C(=O)OC(C)C)CC1)O2. The number of aryl methyl sites for hydroxylation is 2. The van der Waals surface area contributed by atoms with Crippen LogP contribution in [0.5, 0.6) is 11.5 Å². The molecule has 0 N–H and O–H groups in total. The van der Waals surface area contributed by atoms with Gasteiger partial charge >= 0.3 is 12.2 Å². The summed E-state index contributed by atoms with van der Waals surface area (Å²) >= 11 is 6.94. The molecule has 2 fully saturated rings. The van der Waals surface area contributed by atoms with Crippen LogP contribution in [0.3, 0.4) is 0 Å². The van der Waals surface area contributed by atoms with Gasteiger partial charge in [-0.25, -0.2) is 14.6 Å². The third kappa shape index (κ3) is 9.99. The molecule has 4 aliphatic rings. The van der Waals surface area contributed by atoms with Crippen LogP contribution in [0.4, 0.5) is 9.59 Å². The van der Waals surface area contributed by atoms with Gasteiger partial charge in [0.25, 0.3) is 0 Å². The summed E-state index contributed by atoms with van der Waals surface area (Å²) < 4.78 is 25.1. The van der Waals surface area contributed by atoms with Crippen molar-refractivity contribution in [2.75, 3.05) is 26.2 Å². The topological polar surface area (TPSA) is 103 Å². The maximum atomic E-state index is 12.1. The molecule has 2 amide bonds. The van der Waals surface area contributed by atoms with Crippen LogP contribution in [0.2, 0.25) is 0 Å². The molecule has 4 aliphatic heterocycles. The van der Waals surface area contributed by atoms with Gasteiger partial charge in [-0.2, -0.15) is 0 Å². The van der Waals surface area contributed by atoms with Crippen molar-refractivity contribution in [1.82, 2.24) is 19.8 Å². The largest absolute Gasteiger partial charge is 0.490 e. The fourth-order valence-corrected chi connectivity index (χ4v) is 9.08. The first-order valence-corrected chi connectivity index (χ1v) is 22.1. The maximum Gasteiger partial charge on any atom is 0.410 e. The Morgan fingerprint density at radius 2 is 1.16 bits per heavy atom. The molecule has 308 valence electrons. The highest BCUT2D eigenvalue weighted by atomic mass is 79.9. The Kier molecular flexibility index (Phi) is 13.3. The third-order valence-corrected chi connectivity index (χ3v) is 12.8. The number of ether oxygens (including phenoxy) is 4. The summed E-state index contributed by atoms with van der Waals surface area (Å²) in [5.74, 6) is 2.89. The lowest BCUT2D eigenvalue weighted by Crippen LogP contribution is -2.43. The van der Waals surface area contributed by atoms with Gasteiger partial charge in [0.1, 0.15) is 28.3 Å². The highest BCUT2D eigenvalue weighted by Gasteiger charge is 2.36. The number of nitrogens with zero attached hydrogens (tertiary/aromatic N) is 4. The number of pyridine rings is 2. The molecule has 2 aromatic heterocycles. The average Bonchev–Trinajstić information content (AvgIpc) is 3.83. The van der Waals surface area contributed by atoms with Crippen LogP contribution in [0, 0.1) is 25.7 Å². The van der Waals surface area contributed by atoms with E-state index in [0.717, 1.165) is 113 Å². The fourth-order valence-electron chi connectivity index (χ4n) is 8.42. The van der Waals surface area contributed by atoms with E-state index in [4.69, 9.17) is 18.9 Å². The van der Waals surface area contributed by atoms with Crippen LogP contribution < -0.4 is 9.47 Å². The second-order valence-electron chi connectivity index (χ2n) is 16.5. The highest BCUT2D eigenvalue weighted by molar-refractivity contribution is 9.10. The molecule has 0 radical (unpaired) electrons. The summed E-state index contributed by atoms with van der Waals surface area (Å²) in [7, 11) is 0. The van der Waals surface area contributed by atoms with Gasteiger partial charge in [0.2, 0.25) is 0 Å². The Bertz CT molecular complexity index is 2110. The van der Waals surface area contributed by atoms with E-state index in [1.165, 1.54) is 16.7 Å². The van der Waals surface area contributed by atoms with Crippen molar-refractivity contribution in [3.8, 4) is 33.9 Å². The molecule has 2 saturated heterocycles. The van der Waals surface area contributed by atoms with Crippen molar-refractivity contribution in [3.05, 3.63) is 92.3 Å². The lowest BCUT2D eigenvalue weighted by molar-refractivity contribution is 0.0498. The minimum atomic E-state index is -0.198. The number of amides is 2. The summed E-state index contributed by atoms with van der Waals surface area (Å²) in [5, 5.41) is 0. The molecule has 0 bridgehead atoms. The molecule has 2 unspecified atom stereocenters. The first kappa shape index (κ1) is 42.0. The zero-order valence-corrected chi connectivity index (χ0v) is 37.5. The molecule has 10 nitrogen and oxygen atoms in total. The van der Waals surface area contributed by atoms with E-state index >= 15 is 0 Å². The molecule has 12 heteroatoms. The van der Waals surface area contributed by atoms with Gasteiger partial charge in [0, 0.05) is 67.0 Å². The Hall–Kier alpha value is -4.16. The van der Waals surface area contributed by atoms with Gasteiger partial charge in [-0.05, 0) is 181 Å². The Balaban J connectivity index is 0.000000177. The number of halogens is 2. The van der Waals surface area contributed by atoms with E-state index in [1.54, 1.807) is 0 Å². The number of piperidine rings is 2. The fraction of sp³-hybridized carbons (Fsp3) is 0.478. The standard InChI is InChI=1S/2C23H27BrN2O3/c1-14(2)28-23(27)26-8-6-16(7-9-26)21-12-18-11-17(4-5-20(18)29-21)22-15(3)10-19(24)13-25-22;1-14(2)28-23(27)26-8-6-16(7-9-26)21-12-18-11-17(4-5-20(18)29-21)19-10-15(3)22(24)25-13-19/h2*4-5,10-11,13-14,16,21H,6-9,12H2,1-3H3. The first-order valence-electron chi connectivity index (χ1n) is 20.6. The van der Waals surface area contributed by atoms with Crippen molar-refractivity contribution in [2.24, 2.45) is 11.8 Å². The van der Waals surface area contributed by atoms with Crippen LogP contribution in [-0.2, 0) is 22.3 Å². The number of carbonyl (C=O) groups excluding carboxylic acids is 2. The van der Waals surface area contributed by atoms with Gasteiger partial charge in [0.15, 0.2) is 0 Å². The molecular formula is C46H54Br2N4O6. The first-order chi connectivity index (χ1) is 27.8. The van der Waals surface area contributed by atoms with Gasteiger partial charge in [0.05, 0.1) is 17.9 Å². The minimum absolute atomic E-state index is 0.0770. The highest BCUT2D eigenvalue weighted by Crippen LogP contribution is 2.39. The van der Waals surface area contributed by atoms with Gasteiger partial charge in [-0.3, -0.25) is 4.98 Å². The number of likely N-dealkylation sites (tertiary alicyclic amines) is 2. The van der Waals surface area contributed by atoms with E-state index in [9.17, 15) is 9.59 Å². The number of hydrogen-bond acceptors (Lipinski definition) is 8. The minimum Gasteiger partial charge on any atom is -0.490 e. The molecule has 6 heterocycles. The molecule has 4 aromatic rings. The van der Waals surface area contributed by atoms with E-state index in [2.05, 4.69) is 104 Å². The second-order valence-corrected chi connectivity index (χ2v) is 18.2. The quantitative estimate of drug-likeness (QED) is 0.176. The van der Waals surface area contributed by atoms with Crippen LogP contribution in [0.25, 0.3) is 22.4 Å². The smallest absolute Gasteiger partial charge is 0.410 e. The Labute approximate surface area is 359 Å². The lowest BCUT2D eigenvalue weighted by atomic mass is 9.89. The molecule has 0 spiro atoms. The second kappa shape index (κ2) is 18.4. The van der Waals surface area contributed by atoms with Crippen molar-refractivity contribution < 1.29 is 28.5 Å². The van der Waals surface area contributed by atoms with Crippen molar-refractivity contribution in [1.29, 1.82) is 0 Å².